The zero-order chi connectivity index (χ0) is 18.2. The predicted octanol–water partition coefficient (Wildman–Crippen LogP) is 6.06. The van der Waals surface area contributed by atoms with Crippen LogP contribution in [-0.2, 0) is 0 Å². The summed E-state index contributed by atoms with van der Waals surface area (Å²) >= 11 is 0. The Balaban J connectivity index is 1.78. The van der Waals surface area contributed by atoms with Gasteiger partial charge >= 0.3 is 0 Å². The number of nitrogens with zero attached hydrogens (tertiary/aromatic N) is 1. The Morgan fingerprint density at radius 2 is 1.48 bits per heavy atom. The zero-order valence-electron chi connectivity index (χ0n) is 16.8. The Bertz CT molecular complexity index is 352. The number of aliphatic hydroxyl groups excluding tert-OH is 1. The van der Waals surface area contributed by atoms with Crippen LogP contribution in [0, 0.1) is 0 Å². The third-order valence-corrected chi connectivity index (χ3v) is 5.08. The summed E-state index contributed by atoms with van der Waals surface area (Å²) in [4.78, 5) is 2.00. The third kappa shape index (κ3) is 11.3. The van der Waals surface area contributed by atoms with Crippen molar-refractivity contribution in [2.45, 2.75) is 116 Å². The molecule has 0 aromatic heterocycles. The first-order valence-corrected chi connectivity index (χ1v) is 10.8. The first kappa shape index (κ1) is 22.1. The van der Waals surface area contributed by atoms with Gasteiger partial charge in [-0.15, -0.1) is 0 Å². The lowest BCUT2D eigenvalue weighted by Gasteiger charge is -2.28. The fourth-order valence-electron chi connectivity index (χ4n) is 3.52. The number of hydrogen-bond acceptors (Lipinski definition) is 3. The second-order valence-corrected chi connectivity index (χ2v) is 7.42. The topological polar surface area (TPSA) is 35.5 Å². The van der Waals surface area contributed by atoms with E-state index in [1.54, 1.807) is 0 Å². The molecule has 0 saturated carbocycles. The SMILES string of the molecule is CC/C=C/CCCCCCCCCCCCCC1NC=CN1C(C)O. The van der Waals surface area contributed by atoms with Crippen LogP contribution in [0.5, 0.6) is 0 Å². The van der Waals surface area contributed by atoms with Crippen molar-refractivity contribution in [2.75, 3.05) is 0 Å². The van der Waals surface area contributed by atoms with Gasteiger partial charge in [0.2, 0.25) is 0 Å². The summed E-state index contributed by atoms with van der Waals surface area (Å²) in [5.74, 6) is 0. The number of rotatable bonds is 16. The molecule has 0 bridgehead atoms. The highest BCUT2D eigenvalue weighted by Crippen LogP contribution is 2.16. The maximum absolute atomic E-state index is 9.68. The number of hydrogen-bond donors (Lipinski definition) is 2. The van der Waals surface area contributed by atoms with E-state index in [9.17, 15) is 5.11 Å². The molecule has 0 spiro atoms. The molecule has 0 amide bonds. The van der Waals surface area contributed by atoms with Crippen LogP contribution in [0.2, 0.25) is 0 Å². The molecule has 1 aliphatic rings. The van der Waals surface area contributed by atoms with Gasteiger partial charge in [-0.1, -0.05) is 76.9 Å². The van der Waals surface area contributed by atoms with Gasteiger partial charge in [-0.25, -0.2) is 0 Å². The number of unbranched alkanes of at least 4 members (excludes halogenated alkanes) is 11. The Morgan fingerprint density at radius 3 is 2.04 bits per heavy atom. The molecule has 0 aliphatic carbocycles. The summed E-state index contributed by atoms with van der Waals surface area (Å²) in [5, 5.41) is 13.0. The Labute approximate surface area is 156 Å². The molecular formula is C22H42N2O. The van der Waals surface area contributed by atoms with Gasteiger partial charge in [0.15, 0.2) is 0 Å². The minimum Gasteiger partial charge on any atom is -0.374 e. The largest absolute Gasteiger partial charge is 0.374 e. The smallest absolute Gasteiger partial charge is 0.125 e. The Morgan fingerprint density at radius 1 is 0.920 bits per heavy atom. The van der Waals surface area contributed by atoms with Crippen LogP contribution >= 0.6 is 0 Å². The van der Waals surface area contributed by atoms with Crippen LogP contribution in [0.4, 0.5) is 0 Å². The van der Waals surface area contributed by atoms with Gasteiger partial charge in [-0.05, 0) is 39.0 Å². The van der Waals surface area contributed by atoms with Gasteiger partial charge in [0, 0.05) is 12.4 Å². The second-order valence-electron chi connectivity index (χ2n) is 7.42. The molecule has 1 aliphatic heterocycles. The first-order chi connectivity index (χ1) is 12.3. The van der Waals surface area contributed by atoms with E-state index in [2.05, 4.69) is 24.4 Å². The molecule has 0 saturated heterocycles. The summed E-state index contributed by atoms with van der Waals surface area (Å²) in [7, 11) is 0. The van der Waals surface area contributed by atoms with E-state index in [-0.39, 0.29) is 6.17 Å². The summed E-state index contributed by atoms with van der Waals surface area (Å²) in [6.07, 6.45) is 27.1. The molecule has 25 heavy (non-hydrogen) atoms. The van der Waals surface area contributed by atoms with Gasteiger partial charge in [0.25, 0.3) is 0 Å². The summed E-state index contributed by atoms with van der Waals surface area (Å²) < 4.78 is 0. The van der Waals surface area contributed by atoms with Gasteiger partial charge < -0.3 is 15.3 Å². The van der Waals surface area contributed by atoms with Crippen molar-refractivity contribution < 1.29 is 5.11 Å². The van der Waals surface area contributed by atoms with Crippen molar-refractivity contribution in [2.24, 2.45) is 0 Å². The minimum absolute atomic E-state index is 0.289. The quantitative estimate of drug-likeness (QED) is 0.262. The standard InChI is InChI=1S/C22H42N2O/c1-3-4-5-6-7-8-9-10-11-12-13-14-15-16-17-18-22-23-19-20-24(22)21(2)25/h4-5,19-23,25H,3,6-18H2,1-2H3/b5-4+. The monoisotopic (exact) mass is 350 g/mol. The molecule has 3 nitrogen and oxygen atoms in total. The van der Waals surface area contributed by atoms with Crippen molar-refractivity contribution in [3.63, 3.8) is 0 Å². The molecule has 0 aromatic carbocycles. The van der Waals surface area contributed by atoms with Gasteiger partial charge in [-0.2, -0.15) is 0 Å². The van der Waals surface area contributed by atoms with Crippen LogP contribution in [0.3, 0.4) is 0 Å². The highest BCUT2D eigenvalue weighted by atomic mass is 16.3. The maximum atomic E-state index is 9.68. The number of aliphatic hydroxyl groups is 1. The van der Waals surface area contributed by atoms with Crippen LogP contribution in [0.15, 0.2) is 24.6 Å². The molecular weight excluding hydrogens is 308 g/mol. The lowest BCUT2D eigenvalue weighted by molar-refractivity contribution is 0.0254. The van der Waals surface area contributed by atoms with E-state index in [0.29, 0.717) is 0 Å². The van der Waals surface area contributed by atoms with Gasteiger partial charge in [0.1, 0.15) is 12.4 Å². The molecule has 1 heterocycles. The van der Waals surface area contributed by atoms with Crippen molar-refractivity contribution in [1.29, 1.82) is 0 Å². The Kier molecular flexibility index (Phi) is 13.5. The van der Waals surface area contributed by atoms with E-state index in [1.165, 1.54) is 83.5 Å². The van der Waals surface area contributed by atoms with Crippen LogP contribution in [0.1, 0.15) is 104 Å². The van der Waals surface area contributed by atoms with E-state index in [0.717, 1.165) is 6.42 Å². The lowest BCUT2D eigenvalue weighted by atomic mass is 10.0. The highest BCUT2D eigenvalue weighted by molar-refractivity contribution is 4.94. The van der Waals surface area contributed by atoms with E-state index < -0.39 is 6.23 Å². The molecule has 0 aromatic rings. The van der Waals surface area contributed by atoms with Crippen LogP contribution in [0.25, 0.3) is 0 Å². The van der Waals surface area contributed by atoms with Crippen molar-refractivity contribution >= 4 is 0 Å². The Hall–Kier alpha value is -0.960. The molecule has 0 radical (unpaired) electrons. The van der Waals surface area contributed by atoms with E-state index in [1.807, 2.05) is 24.2 Å². The van der Waals surface area contributed by atoms with Gasteiger partial charge in [0.05, 0.1) is 0 Å². The average molecular weight is 351 g/mol. The normalized spacial score (nSPS) is 18.2. The van der Waals surface area contributed by atoms with Crippen molar-refractivity contribution in [3.8, 4) is 0 Å². The summed E-state index contributed by atoms with van der Waals surface area (Å²) in [6, 6.07) is 0. The maximum Gasteiger partial charge on any atom is 0.125 e. The minimum atomic E-state index is -0.399. The van der Waals surface area contributed by atoms with Crippen molar-refractivity contribution in [1.82, 2.24) is 10.2 Å². The van der Waals surface area contributed by atoms with E-state index >= 15 is 0 Å². The molecule has 0 fully saturated rings. The molecule has 2 unspecified atom stereocenters. The molecule has 2 atom stereocenters. The van der Waals surface area contributed by atoms with Crippen LogP contribution in [-0.4, -0.2) is 22.4 Å². The predicted molar refractivity (Wildman–Crippen MR) is 109 cm³/mol. The van der Waals surface area contributed by atoms with E-state index in [4.69, 9.17) is 0 Å². The van der Waals surface area contributed by atoms with Gasteiger partial charge in [-0.3, -0.25) is 0 Å². The molecule has 146 valence electrons. The number of allylic oxidation sites excluding steroid dienone is 2. The molecule has 1 rings (SSSR count). The third-order valence-electron chi connectivity index (χ3n) is 5.08. The van der Waals surface area contributed by atoms with Crippen LogP contribution < -0.4 is 5.32 Å². The zero-order valence-corrected chi connectivity index (χ0v) is 16.8. The summed E-state index contributed by atoms with van der Waals surface area (Å²) in [5.41, 5.74) is 0. The average Bonchev–Trinajstić information content (AvgIpc) is 3.07. The highest BCUT2D eigenvalue weighted by Gasteiger charge is 2.20. The number of nitrogens with one attached hydrogen (secondary N) is 1. The molecule has 3 heteroatoms. The summed E-state index contributed by atoms with van der Waals surface area (Å²) in [6.45, 7) is 4.03. The fraction of sp³-hybridized carbons (Fsp3) is 0.818. The lowest BCUT2D eigenvalue weighted by Crippen LogP contribution is -2.40. The first-order valence-electron chi connectivity index (χ1n) is 10.8. The second kappa shape index (κ2) is 15.3. The molecule has 2 N–H and O–H groups in total. The van der Waals surface area contributed by atoms with Crippen molar-refractivity contribution in [3.05, 3.63) is 24.6 Å². The fourth-order valence-corrected chi connectivity index (χ4v) is 3.52.